The number of hydrogen-bond donors (Lipinski definition) is 0. The van der Waals surface area contributed by atoms with Crippen molar-refractivity contribution in [3.8, 4) is 11.3 Å². The average molecular weight is 264 g/mol. The van der Waals surface area contributed by atoms with Crippen molar-refractivity contribution in [2.75, 3.05) is 0 Å². The smallest absolute Gasteiger partial charge is 0.193 e. The fraction of sp³-hybridized carbons (Fsp3) is 0. The molecule has 0 bridgehead atoms. The van der Waals surface area contributed by atoms with Gasteiger partial charge < -0.3 is 15.5 Å². The van der Waals surface area contributed by atoms with E-state index < -0.39 is 0 Å². The molecule has 3 aromatic rings. The van der Waals surface area contributed by atoms with E-state index in [-0.39, 0.29) is 5.43 Å². The molecule has 0 saturated carbocycles. The van der Waals surface area contributed by atoms with E-state index in [9.17, 15) is 4.79 Å². The fourth-order valence-electron chi connectivity index (χ4n) is 1.85. The van der Waals surface area contributed by atoms with Crippen LogP contribution in [-0.4, -0.2) is 0 Å². The molecule has 0 saturated heterocycles. The highest BCUT2D eigenvalue weighted by atomic mass is 16.3. The summed E-state index contributed by atoms with van der Waals surface area (Å²) in [6, 6.07) is 18.4. The summed E-state index contributed by atoms with van der Waals surface area (Å²) in [6.07, 6.45) is 0. The molecule has 3 rings (SSSR count). The first-order valence-corrected chi connectivity index (χ1v) is 5.83. The van der Waals surface area contributed by atoms with Gasteiger partial charge in [0.05, 0.1) is 5.39 Å². The summed E-state index contributed by atoms with van der Waals surface area (Å²) >= 11 is 0. The highest BCUT2D eigenvalue weighted by molar-refractivity contribution is 5.78. The van der Waals surface area contributed by atoms with Gasteiger partial charge in [0.15, 0.2) is 5.43 Å². The zero-order chi connectivity index (χ0) is 14.4. The summed E-state index contributed by atoms with van der Waals surface area (Å²) in [4.78, 5) is 13.4. The van der Waals surface area contributed by atoms with Crippen LogP contribution in [0, 0.1) is 0 Å². The van der Waals surface area contributed by atoms with Gasteiger partial charge in [-0.2, -0.15) is 0 Å². The predicted molar refractivity (Wildman–Crippen MR) is 78.0 cm³/mol. The van der Waals surface area contributed by atoms with Crippen LogP contribution in [0.3, 0.4) is 0 Å². The normalized spacial score (nSPS) is 9.40. The molecular formula is C15H10N3O2-. The zero-order valence-corrected chi connectivity index (χ0v) is 10.4. The zero-order valence-electron chi connectivity index (χ0n) is 10.4. The van der Waals surface area contributed by atoms with E-state index in [0.717, 1.165) is 5.56 Å². The summed E-state index contributed by atoms with van der Waals surface area (Å²) in [5.74, 6) is 0.606. The lowest BCUT2D eigenvalue weighted by molar-refractivity contribution is 0.619. The highest BCUT2D eigenvalue weighted by Gasteiger charge is 2.05. The molecule has 0 N–H and O–H groups in total. The second-order valence-electron chi connectivity index (χ2n) is 3.93. The molecule has 1 aromatic heterocycles. The number of rotatable bonds is 1. The molecule has 0 fully saturated rings. The standard InChI is InChI=1S/C15H10O2.N3/c16-13-10-15(11-6-2-1-3-7-11)17-14-9-5-4-8-12(13)14;1-3-2/h1-10H;/q;-1. The molecule has 1 heterocycles. The molecule has 5 heteroatoms. The maximum Gasteiger partial charge on any atom is 0.193 e. The van der Waals surface area contributed by atoms with Gasteiger partial charge >= 0.3 is 0 Å². The van der Waals surface area contributed by atoms with Gasteiger partial charge in [0.1, 0.15) is 11.3 Å². The molecular weight excluding hydrogens is 254 g/mol. The van der Waals surface area contributed by atoms with Gasteiger partial charge in [0, 0.05) is 11.6 Å². The van der Waals surface area contributed by atoms with Crippen LogP contribution in [0.1, 0.15) is 0 Å². The van der Waals surface area contributed by atoms with Crippen LogP contribution < -0.4 is 5.43 Å². The molecule has 0 amide bonds. The number of benzene rings is 2. The first-order chi connectivity index (χ1) is 9.76. The van der Waals surface area contributed by atoms with Crippen LogP contribution in [0.5, 0.6) is 0 Å². The van der Waals surface area contributed by atoms with E-state index in [1.807, 2.05) is 48.5 Å². The second-order valence-corrected chi connectivity index (χ2v) is 3.93. The third-order valence-electron chi connectivity index (χ3n) is 2.69. The predicted octanol–water partition coefficient (Wildman–Crippen LogP) is 4.33. The van der Waals surface area contributed by atoms with Crippen LogP contribution >= 0.6 is 0 Å². The van der Waals surface area contributed by atoms with Crippen molar-refractivity contribution in [2.24, 2.45) is 0 Å². The minimum Gasteiger partial charge on any atom is -0.456 e. The molecule has 0 aliphatic rings. The van der Waals surface area contributed by atoms with Crippen molar-refractivity contribution in [1.29, 1.82) is 0 Å². The Morgan fingerprint density at radius 1 is 0.900 bits per heavy atom. The van der Waals surface area contributed by atoms with Crippen molar-refractivity contribution in [3.05, 3.63) is 86.9 Å². The lowest BCUT2D eigenvalue weighted by atomic mass is 10.1. The minimum absolute atomic E-state index is 0.00861. The van der Waals surface area contributed by atoms with Crippen molar-refractivity contribution in [2.45, 2.75) is 0 Å². The second kappa shape index (κ2) is 6.22. The molecule has 0 radical (unpaired) electrons. The Hall–Kier alpha value is -3.04. The first-order valence-electron chi connectivity index (χ1n) is 5.83. The Balaban J connectivity index is 0.000000452. The van der Waals surface area contributed by atoms with Crippen molar-refractivity contribution >= 4 is 11.0 Å². The Bertz CT molecular complexity index is 804. The number of nitrogens with zero attached hydrogens (tertiary/aromatic N) is 3. The monoisotopic (exact) mass is 264 g/mol. The lowest BCUT2D eigenvalue weighted by Gasteiger charge is -2.02. The van der Waals surface area contributed by atoms with E-state index in [4.69, 9.17) is 15.5 Å². The molecule has 20 heavy (non-hydrogen) atoms. The van der Waals surface area contributed by atoms with Crippen LogP contribution in [0.2, 0.25) is 0 Å². The fourth-order valence-corrected chi connectivity index (χ4v) is 1.85. The highest BCUT2D eigenvalue weighted by Crippen LogP contribution is 2.21. The minimum atomic E-state index is -0.00861. The molecule has 0 aliphatic carbocycles. The maximum atomic E-state index is 11.9. The third-order valence-corrected chi connectivity index (χ3v) is 2.69. The summed E-state index contributed by atoms with van der Waals surface area (Å²) in [6.45, 7) is 0. The van der Waals surface area contributed by atoms with E-state index in [1.54, 1.807) is 6.07 Å². The number of para-hydroxylation sites is 1. The molecule has 0 spiro atoms. The first kappa shape index (κ1) is 13.4. The van der Waals surface area contributed by atoms with Gasteiger partial charge in [-0.1, -0.05) is 42.5 Å². The van der Waals surface area contributed by atoms with Gasteiger partial charge in [-0.15, -0.1) is 0 Å². The van der Waals surface area contributed by atoms with Crippen LogP contribution in [-0.2, 0) is 0 Å². The van der Waals surface area contributed by atoms with Gasteiger partial charge in [-0.05, 0) is 12.1 Å². The Labute approximate surface area is 114 Å². The molecule has 5 nitrogen and oxygen atoms in total. The summed E-state index contributed by atoms with van der Waals surface area (Å²) in [5.41, 5.74) is 15.0. The van der Waals surface area contributed by atoms with Gasteiger partial charge in [-0.3, -0.25) is 9.71 Å². The summed E-state index contributed by atoms with van der Waals surface area (Å²) < 4.78 is 5.73. The van der Waals surface area contributed by atoms with Crippen LogP contribution in [0.15, 0.2) is 69.9 Å². The average Bonchev–Trinajstić information content (AvgIpc) is 2.49. The van der Waals surface area contributed by atoms with Gasteiger partial charge in [0.2, 0.25) is 0 Å². The van der Waals surface area contributed by atoms with Crippen LogP contribution in [0.4, 0.5) is 0 Å². The number of hydrogen-bond acceptors (Lipinski definition) is 2. The SMILES string of the molecule is O=c1cc(-c2ccccc2)oc2ccccc12.[N-]=[N+]=[N-]. The Morgan fingerprint density at radius 2 is 1.50 bits per heavy atom. The number of fused-ring (bicyclic) bond motifs is 1. The molecule has 0 unspecified atom stereocenters. The molecule has 0 aliphatic heterocycles. The quantitative estimate of drug-likeness (QED) is 0.372. The lowest BCUT2D eigenvalue weighted by Crippen LogP contribution is -1.99. The topological polar surface area (TPSA) is 88.9 Å². The van der Waals surface area contributed by atoms with E-state index in [2.05, 4.69) is 0 Å². The van der Waals surface area contributed by atoms with Crippen molar-refractivity contribution < 1.29 is 4.42 Å². The Kier molecular flexibility index (Phi) is 4.17. The Morgan fingerprint density at radius 3 is 2.20 bits per heavy atom. The van der Waals surface area contributed by atoms with Gasteiger partial charge in [0.25, 0.3) is 0 Å². The summed E-state index contributed by atoms with van der Waals surface area (Å²) in [7, 11) is 0. The molecule has 98 valence electrons. The third kappa shape index (κ3) is 2.85. The van der Waals surface area contributed by atoms with E-state index >= 15 is 0 Å². The van der Waals surface area contributed by atoms with Crippen molar-refractivity contribution in [3.63, 3.8) is 0 Å². The van der Waals surface area contributed by atoms with E-state index in [1.165, 1.54) is 11.0 Å². The van der Waals surface area contributed by atoms with E-state index in [0.29, 0.717) is 16.7 Å². The maximum absolute atomic E-state index is 11.9. The summed E-state index contributed by atoms with van der Waals surface area (Å²) in [5, 5.41) is 0.618. The van der Waals surface area contributed by atoms with Gasteiger partial charge in [-0.25, -0.2) is 0 Å². The van der Waals surface area contributed by atoms with Crippen molar-refractivity contribution in [1.82, 2.24) is 0 Å². The largest absolute Gasteiger partial charge is 0.456 e. The van der Waals surface area contributed by atoms with Crippen LogP contribution in [0.25, 0.3) is 38.3 Å². The molecule has 0 atom stereocenters. The molecule has 2 aromatic carbocycles.